The van der Waals surface area contributed by atoms with Crippen LogP contribution in [0, 0.1) is 0 Å². The number of thiophene rings is 1. The lowest BCUT2D eigenvalue weighted by Gasteiger charge is -2.31. The van der Waals surface area contributed by atoms with Crippen LogP contribution in [0.4, 0.5) is 0 Å². The lowest BCUT2D eigenvalue weighted by Crippen LogP contribution is -2.40. The van der Waals surface area contributed by atoms with E-state index < -0.39 is 0 Å². The van der Waals surface area contributed by atoms with E-state index in [1.807, 2.05) is 36.3 Å². The summed E-state index contributed by atoms with van der Waals surface area (Å²) >= 11 is 3.70. The maximum atomic E-state index is 13.1. The van der Waals surface area contributed by atoms with E-state index in [9.17, 15) is 4.79 Å². The Hall–Kier alpha value is -1.24. The number of aromatic nitrogens is 1. The molecule has 4 nitrogen and oxygen atoms in total. The van der Waals surface area contributed by atoms with Crippen LogP contribution in [-0.4, -0.2) is 46.9 Å². The third-order valence-electron chi connectivity index (χ3n) is 5.03. The molecule has 0 aromatic carbocycles. The van der Waals surface area contributed by atoms with Crippen LogP contribution in [0.1, 0.15) is 40.6 Å². The van der Waals surface area contributed by atoms with Gasteiger partial charge < -0.3 is 9.30 Å². The number of hydrogen-bond donors (Lipinski definition) is 0. The van der Waals surface area contributed by atoms with Gasteiger partial charge in [0, 0.05) is 29.6 Å². The first-order valence-electron chi connectivity index (χ1n) is 9.05. The number of thioether (sulfide) groups is 1. The van der Waals surface area contributed by atoms with Crippen molar-refractivity contribution in [2.24, 2.45) is 0 Å². The Morgan fingerprint density at radius 2 is 2.20 bits per heavy atom. The highest BCUT2D eigenvalue weighted by Gasteiger charge is 2.30. The van der Waals surface area contributed by atoms with Crippen LogP contribution in [0.25, 0.3) is 5.00 Å². The summed E-state index contributed by atoms with van der Waals surface area (Å²) in [6.07, 6.45) is 7.10. The van der Waals surface area contributed by atoms with Gasteiger partial charge in [0.15, 0.2) is 0 Å². The molecule has 0 bridgehead atoms. The van der Waals surface area contributed by atoms with Crippen molar-refractivity contribution in [3.63, 3.8) is 0 Å². The largest absolute Gasteiger partial charge is 0.457 e. The van der Waals surface area contributed by atoms with E-state index in [-0.39, 0.29) is 12.1 Å². The van der Waals surface area contributed by atoms with E-state index in [0.29, 0.717) is 0 Å². The van der Waals surface area contributed by atoms with Gasteiger partial charge in [0.25, 0.3) is 0 Å². The topological polar surface area (TPSA) is 34.5 Å². The molecule has 0 saturated carbocycles. The monoisotopic (exact) mass is 376 g/mol. The summed E-state index contributed by atoms with van der Waals surface area (Å²) in [4.78, 5) is 16.8. The van der Waals surface area contributed by atoms with Crippen molar-refractivity contribution in [2.45, 2.75) is 38.0 Å². The van der Waals surface area contributed by atoms with Crippen molar-refractivity contribution in [3.05, 3.63) is 40.5 Å². The molecular formula is C19H24N2O2S2. The summed E-state index contributed by atoms with van der Waals surface area (Å²) in [5.74, 6) is 1.97. The zero-order valence-corrected chi connectivity index (χ0v) is 16.2. The van der Waals surface area contributed by atoms with Gasteiger partial charge in [-0.1, -0.05) is 6.92 Å². The normalized spacial score (nSPS) is 21.1. The van der Waals surface area contributed by atoms with Crippen molar-refractivity contribution >= 4 is 29.1 Å². The van der Waals surface area contributed by atoms with Crippen LogP contribution in [0.5, 0.6) is 0 Å². The van der Waals surface area contributed by atoms with Crippen LogP contribution in [0.3, 0.4) is 0 Å². The molecule has 6 heteroatoms. The lowest BCUT2D eigenvalue weighted by atomic mass is 10.1. The maximum Gasteiger partial charge on any atom is 0.341 e. The summed E-state index contributed by atoms with van der Waals surface area (Å²) in [6.45, 7) is 5.17. The van der Waals surface area contributed by atoms with Crippen molar-refractivity contribution in [1.29, 1.82) is 0 Å². The summed E-state index contributed by atoms with van der Waals surface area (Å²) in [5.41, 5.74) is 2.03. The van der Waals surface area contributed by atoms with Gasteiger partial charge in [-0.15, -0.1) is 11.3 Å². The molecule has 0 amide bonds. The average Bonchev–Trinajstić information content (AvgIpc) is 3.29. The van der Waals surface area contributed by atoms with Crippen LogP contribution in [0.2, 0.25) is 0 Å². The third kappa shape index (κ3) is 3.52. The molecule has 4 rings (SSSR count). The number of carbonyl (C=O) groups is 1. The first-order valence-corrected chi connectivity index (χ1v) is 11.0. The fraction of sp³-hybridized carbons (Fsp3) is 0.526. The fourth-order valence-electron chi connectivity index (χ4n) is 3.69. The minimum Gasteiger partial charge on any atom is -0.457 e. The van der Waals surface area contributed by atoms with Crippen molar-refractivity contribution in [1.82, 2.24) is 9.47 Å². The average molecular weight is 377 g/mol. The van der Waals surface area contributed by atoms with Gasteiger partial charge >= 0.3 is 5.97 Å². The molecule has 1 atom stereocenters. The predicted octanol–water partition coefficient (Wildman–Crippen LogP) is 3.97. The Bertz CT molecular complexity index is 739. The zero-order valence-electron chi connectivity index (χ0n) is 14.6. The molecule has 2 aliphatic heterocycles. The minimum atomic E-state index is -0.129. The molecule has 1 fully saturated rings. The van der Waals surface area contributed by atoms with Gasteiger partial charge in [-0.2, -0.15) is 11.8 Å². The molecule has 2 aromatic rings. The molecule has 0 aliphatic carbocycles. The second-order valence-electron chi connectivity index (χ2n) is 6.64. The van der Waals surface area contributed by atoms with Gasteiger partial charge in [0.1, 0.15) is 11.1 Å². The Labute approximate surface area is 157 Å². The number of nitrogens with zero attached hydrogens (tertiary/aromatic N) is 2. The van der Waals surface area contributed by atoms with Crippen LogP contribution in [0.15, 0.2) is 24.5 Å². The van der Waals surface area contributed by atoms with Gasteiger partial charge in [-0.25, -0.2) is 4.79 Å². The lowest BCUT2D eigenvalue weighted by molar-refractivity contribution is 0.00770. The van der Waals surface area contributed by atoms with Crippen molar-refractivity contribution in [3.8, 4) is 5.00 Å². The molecule has 2 aromatic heterocycles. The highest BCUT2D eigenvalue weighted by Crippen LogP contribution is 2.39. The SMILES string of the molecule is CCN1CCCC(OC(=O)c2c(-n3cccc3)sc3c2CCSC3)C1. The van der Waals surface area contributed by atoms with Crippen molar-refractivity contribution in [2.75, 3.05) is 25.4 Å². The quantitative estimate of drug-likeness (QED) is 0.756. The highest BCUT2D eigenvalue weighted by atomic mass is 32.2. The first kappa shape index (κ1) is 17.2. The van der Waals surface area contributed by atoms with E-state index in [0.717, 1.165) is 61.0 Å². The summed E-state index contributed by atoms with van der Waals surface area (Å²) in [7, 11) is 0. The number of rotatable bonds is 4. The second kappa shape index (κ2) is 7.56. The Balaban J connectivity index is 1.62. The van der Waals surface area contributed by atoms with Crippen LogP contribution in [-0.2, 0) is 16.9 Å². The molecule has 2 aliphatic rings. The van der Waals surface area contributed by atoms with E-state index in [4.69, 9.17) is 4.74 Å². The molecule has 1 saturated heterocycles. The van der Waals surface area contributed by atoms with Gasteiger partial charge in [-0.05, 0) is 55.8 Å². The molecule has 25 heavy (non-hydrogen) atoms. The second-order valence-corrected chi connectivity index (χ2v) is 8.83. The fourth-order valence-corrected chi connectivity index (χ4v) is 6.12. The van der Waals surface area contributed by atoms with Crippen molar-refractivity contribution < 1.29 is 9.53 Å². The Morgan fingerprint density at radius 3 is 3.00 bits per heavy atom. The Morgan fingerprint density at radius 1 is 1.36 bits per heavy atom. The number of fused-ring (bicyclic) bond motifs is 1. The number of carbonyl (C=O) groups excluding carboxylic acids is 1. The van der Waals surface area contributed by atoms with E-state index >= 15 is 0 Å². The molecular weight excluding hydrogens is 352 g/mol. The molecule has 4 heterocycles. The van der Waals surface area contributed by atoms with E-state index in [1.54, 1.807) is 11.3 Å². The molecule has 0 spiro atoms. The Kier molecular flexibility index (Phi) is 5.20. The van der Waals surface area contributed by atoms with Crippen LogP contribution < -0.4 is 0 Å². The van der Waals surface area contributed by atoms with Gasteiger partial charge in [0.2, 0.25) is 0 Å². The van der Waals surface area contributed by atoms with E-state index in [2.05, 4.69) is 16.4 Å². The number of esters is 1. The molecule has 0 N–H and O–H groups in total. The predicted molar refractivity (Wildman–Crippen MR) is 104 cm³/mol. The number of piperidine rings is 1. The number of ether oxygens (including phenoxy) is 1. The van der Waals surface area contributed by atoms with Gasteiger partial charge in [-0.3, -0.25) is 4.90 Å². The maximum absolute atomic E-state index is 13.1. The number of hydrogen-bond acceptors (Lipinski definition) is 5. The molecule has 134 valence electrons. The number of likely N-dealkylation sites (N-methyl/N-ethyl adjacent to an activating group) is 1. The zero-order chi connectivity index (χ0) is 17.2. The van der Waals surface area contributed by atoms with Gasteiger partial charge in [0.05, 0.1) is 5.56 Å². The molecule has 0 radical (unpaired) electrons. The first-order chi connectivity index (χ1) is 12.3. The minimum absolute atomic E-state index is 0.0206. The molecule has 1 unspecified atom stereocenters. The third-order valence-corrected chi connectivity index (χ3v) is 7.44. The highest BCUT2D eigenvalue weighted by molar-refractivity contribution is 7.98. The standard InChI is InChI=1S/C19H24N2O2S2/c1-2-20-8-5-6-14(12-20)23-19(22)17-15-7-11-24-13-16(15)25-18(17)21-9-3-4-10-21/h3-4,9-10,14H,2,5-8,11-13H2,1H3. The number of likely N-dealkylation sites (tertiary alicyclic amines) is 1. The summed E-state index contributed by atoms with van der Waals surface area (Å²) < 4.78 is 8.04. The van der Waals surface area contributed by atoms with Crippen LogP contribution >= 0.6 is 23.1 Å². The van der Waals surface area contributed by atoms with E-state index in [1.165, 1.54) is 10.4 Å². The smallest absolute Gasteiger partial charge is 0.341 e. The summed E-state index contributed by atoms with van der Waals surface area (Å²) in [5, 5.41) is 1.02. The summed E-state index contributed by atoms with van der Waals surface area (Å²) in [6, 6.07) is 4.01.